The Morgan fingerprint density at radius 1 is 1.07 bits per heavy atom. The Morgan fingerprint density at radius 2 is 1.74 bits per heavy atom. The zero-order valence-corrected chi connectivity index (χ0v) is 23.0. The first-order valence-corrected chi connectivity index (χ1v) is 12.9. The fourth-order valence-electron chi connectivity index (χ4n) is 4.45. The smallest absolute Gasteiger partial charge is 0.386 e. The molecule has 1 heterocycles. The van der Waals surface area contributed by atoms with E-state index in [0.29, 0.717) is 5.56 Å². The summed E-state index contributed by atoms with van der Waals surface area (Å²) in [6.07, 6.45) is -6.21. The average molecular weight is 587 g/mol. The summed E-state index contributed by atoms with van der Waals surface area (Å²) < 4.78 is 41.9. The number of halogens is 3. The first kappa shape index (κ1) is 31.8. The molecule has 0 aromatic heterocycles. The van der Waals surface area contributed by atoms with Crippen LogP contribution in [0.4, 0.5) is 18.9 Å². The van der Waals surface area contributed by atoms with Gasteiger partial charge in [-0.15, -0.1) is 0 Å². The van der Waals surface area contributed by atoms with Gasteiger partial charge in [0.1, 0.15) is 6.04 Å². The molecule has 2 aromatic rings. The molecular weight excluding hydrogens is 557 g/mol. The number of fused-ring (bicyclic) bond motifs is 1. The van der Waals surface area contributed by atoms with Crippen LogP contribution in [0.25, 0.3) is 0 Å². The van der Waals surface area contributed by atoms with Gasteiger partial charge in [0.05, 0.1) is 17.7 Å². The van der Waals surface area contributed by atoms with Gasteiger partial charge in [0.15, 0.2) is 0 Å². The molecule has 10 nitrogen and oxygen atoms in total. The Kier molecular flexibility index (Phi) is 10.1. The molecule has 13 heteroatoms. The molecule has 2 aromatic carbocycles. The fourth-order valence-corrected chi connectivity index (χ4v) is 4.45. The van der Waals surface area contributed by atoms with Crippen molar-refractivity contribution in [1.29, 1.82) is 0 Å². The highest BCUT2D eigenvalue weighted by atomic mass is 19.4. The molecule has 1 aliphatic heterocycles. The summed E-state index contributed by atoms with van der Waals surface area (Å²) in [4.78, 5) is 66.3. The Labute approximate surface area is 240 Å². The van der Waals surface area contributed by atoms with Crippen molar-refractivity contribution in [2.24, 2.45) is 5.73 Å². The Bertz CT molecular complexity index is 1430. The van der Waals surface area contributed by atoms with Gasteiger partial charge in [-0.25, -0.2) is 4.79 Å². The van der Waals surface area contributed by atoms with Crippen LogP contribution in [0.3, 0.4) is 0 Å². The summed E-state index contributed by atoms with van der Waals surface area (Å²) in [6, 6.07) is 9.71. The summed E-state index contributed by atoms with van der Waals surface area (Å²) in [5.41, 5.74) is 6.27. The third-order valence-corrected chi connectivity index (χ3v) is 6.23. The van der Waals surface area contributed by atoms with Crippen molar-refractivity contribution < 1.29 is 41.9 Å². The lowest BCUT2D eigenvalue weighted by Crippen LogP contribution is -2.48. The zero-order chi connectivity index (χ0) is 31.2. The summed E-state index contributed by atoms with van der Waals surface area (Å²) >= 11 is 0. The molecule has 1 aliphatic rings. The molecule has 0 aliphatic carbocycles. The van der Waals surface area contributed by atoms with Gasteiger partial charge in [0.25, 0.3) is 17.7 Å². The number of amides is 3. The predicted octanol–water partition coefficient (Wildman–Crippen LogP) is 2.46. The minimum Gasteiger partial charge on any atom is -0.386 e. The maximum absolute atomic E-state index is 14.2. The van der Waals surface area contributed by atoms with Crippen LogP contribution in [0.15, 0.2) is 48.5 Å². The highest BCUT2D eigenvalue weighted by molar-refractivity contribution is 6.12. The normalized spacial score (nSPS) is 15.8. The van der Waals surface area contributed by atoms with Crippen molar-refractivity contribution in [3.05, 3.63) is 65.2 Å². The van der Waals surface area contributed by atoms with E-state index in [1.165, 1.54) is 30.0 Å². The van der Waals surface area contributed by atoms with Crippen LogP contribution in [0.2, 0.25) is 0 Å². The van der Waals surface area contributed by atoms with E-state index in [2.05, 4.69) is 21.9 Å². The standard InChI is InChI=1S/C29H29F3N4O6/c1-17(2)35-22-11-9-19(10-12-23(37)34-14-13-33)16-21(22)26(39)36(25(27(35)40)20-7-5-4-6-8-20)18(3)15-24(38)42-28(41)29(30,31)32/h4-9,11,16-18,25H,13-15,33H2,1-3H3,(H,34,37). The molecule has 0 saturated heterocycles. The molecule has 42 heavy (non-hydrogen) atoms. The number of ether oxygens (including phenoxy) is 1. The van der Waals surface area contributed by atoms with E-state index in [1.807, 2.05) is 0 Å². The number of hydrogen-bond donors (Lipinski definition) is 2. The van der Waals surface area contributed by atoms with Gasteiger partial charge in [-0.2, -0.15) is 13.2 Å². The Morgan fingerprint density at radius 3 is 2.33 bits per heavy atom. The zero-order valence-electron chi connectivity index (χ0n) is 23.0. The van der Waals surface area contributed by atoms with E-state index >= 15 is 0 Å². The number of carbonyl (C=O) groups is 5. The molecule has 0 radical (unpaired) electrons. The van der Waals surface area contributed by atoms with Gasteiger partial charge in [-0.3, -0.25) is 19.2 Å². The Hall–Kier alpha value is -4.70. The van der Waals surface area contributed by atoms with Gasteiger partial charge >= 0.3 is 18.1 Å². The average Bonchev–Trinajstić information content (AvgIpc) is 3.02. The maximum Gasteiger partial charge on any atom is 0.491 e. The van der Waals surface area contributed by atoms with E-state index in [4.69, 9.17) is 5.73 Å². The number of hydrogen-bond acceptors (Lipinski definition) is 7. The van der Waals surface area contributed by atoms with Gasteiger partial charge in [0.2, 0.25) is 0 Å². The largest absolute Gasteiger partial charge is 0.491 e. The van der Waals surface area contributed by atoms with Gasteiger partial charge < -0.3 is 25.6 Å². The number of nitrogens with two attached hydrogens (primary N) is 1. The molecule has 2 atom stereocenters. The Balaban J connectivity index is 2.12. The number of anilines is 1. The van der Waals surface area contributed by atoms with Gasteiger partial charge in [0, 0.05) is 36.7 Å². The quantitative estimate of drug-likeness (QED) is 0.289. The summed E-state index contributed by atoms with van der Waals surface area (Å²) in [6.45, 7) is 5.27. The number of nitrogens with one attached hydrogen (secondary N) is 1. The van der Waals surface area contributed by atoms with Crippen LogP contribution in [0, 0.1) is 11.8 Å². The van der Waals surface area contributed by atoms with Crippen LogP contribution in [-0.4, -0.2) is 65.9 Å². The van der Waals surface area contributed by atoms with E-state index in [1.54, 1.807) is 44.2 Å². The molecule has 3 amide bonds. The lowest BCUT2D eigenvalue weighted by atomic mass is 10.0. The van der Waals surface area contributed by atoms with Crippen molar-refractivity contribution in [3.8, 4) is 11.8 Å². The first-order valence-electron chi connectivity index (χ1n) is 12.9. The third kappa shape index (κ3) is 7.32. The van der Waals surface area contributed by atoms with Crippen LogP contribution in [0.1, 0.15) is 54.7 Å². The minimum absolute atomic E-state index is 0.0104. The van der Waals surface area contributed by atoms with Crippen molar-refractivity contribution in [2.75, 3.05) is 18.0 Å². The predicted molar refractivity (Wildman–Crippen MR) is 145 cm³/mol. The molecular formula is C29H29F3N4O6. The minimum atomic E-state index is -5.39. The maximum atomic E-state index is 14.2. The molecule has 2 unspecified atom stereocenters. The molecule has 0 fully saturated rings. The second-order valence-electron chi connectivity index (χ2n) is 9.67. The first-order chi connectivity index (χ1) is 19.8. The monoisotopic (exact) mass is 586 g/mol. The number of carbonyl (C=O) groups excluding carboxylic acids is 5. The van der Waals surface area contributed by atoms with Crippen LogP contribution in [-0.2, 0) is 23.9 Å². The van der Waals surface area contributed by atoms with E-state index in [9.17, 15) is 37.1 Å². The molecule has 0 bridgehead atoms. The van der Waals surface area contributed by atoms with E-state index in [-0.39, 0.29) is 29.9 Å². The number of nitrogens with zero attached hydrogens (tertiary/aromatic N) is 2. The number of esters is 2. The highest BCUT2D eigenvalue weighted by Gasteiger charge is 2.45. The van der Waals surface area contributed by atoms with E-state index < -0.39 is 60.4 Å². The lowest BCUT2D eigenvalue weighted by molar-refractivity contribution is -0.202. The lowest BCUT2D eigenvalue weighted by Gasteiger charge is -2.36. The fraction of sp³-hybridized carbons (Fsp3) is 0.345. The van der Waals surface area contributed by atoms with Crippen molar-refractivity contribution in [2.45, 2.75) is 51.5 Å². The molecule has 0 saturated carbocycles. The summed E-state index contributed by atoms with van der Waals surface area (Å²) in [5, 5.41) is 2.49. The molecule has 222 valence electrons. The van der Waals surface area contributed by atoms with Crippen molar-refractivity contribution in [3.63, 3.8) is 0 Å². The van der Waals surface area contributed by atoms with Crippen molar-refractivity contribution >= 4 is 35.3 Å². The van der Waals surface area contributed by atoms with Gasteiger partial charge in [-0.05, 0) is 44.5 Å². The summed E-state index contributed by atoms with van der Waals surface area (Å²) in [5.74, 6) is -1.01. The van der Waals surface area contributed by atoms with Crippen molar-refractivity contribution in [1.82, 2.24) is 10.2 Å². The summed E-state index contributed by atoms with van der Waals surface area (Å²) in [7, 11) is 0. The SMILES string of the molecule is CC(C)N1C(=O)C(c2ccccc2)N(C(C)CC(=O)OC(=O)C(F)(F)F)C(=O)c2cc(C#CC(=O)NCCN)ccc21. The third-order valence-electron chi connectivity index (χ3n) is 6.23. The molecule has 3 rings (SSSR count). The number of alkyl halides is 3. The van der Waals surface area contributed by atoms with Crippen LogP contribution in [0.5, 0.6) is 0 Å². The second kappa shape index (κ2) is 13.3. The van der Waals surface area contributed by atoms with Crippen LogP contribution < -0.4 is 16.0 Å². The topological polar surface area (TPSA) is 139 Å². The van der Waals surface area contributed by atoms with E-state index in [0.717, 1.165) is 4.90 Å². The second-order valence-corrected chi connectivity index (χ2v) is 9.67. The molecule has 0 spiro atoms. The number of benzene rings is 2. The highest BCUT2D eigenvalue weighted by Crippen LogP contribution is 2.38. The number of rotatable bonds is 7. The molecule has 3 N–H and O–H groups in total. The van der Waals surface area contributed by atoms with Gasteiger partial charge in [-0.1, -0.05) is 36.3 Å². The van der Waals surface area contributed by atoms with Crippen LogP contribution >= 0.6 is 0 Å².